The van der Waals surface area contributed by atoms with Crippen LogP contribution in [0.25, 0.3) is 33.1 Å². The topological polar surface area (TPSA) is 98.5 Å². The smallest absolute Gasteiger partial charge is 0.162 e. The van der Waals surface area contributed by atoms with Crippen LogP contribution in [0, 0.1) is 0 Å². The molecule has 0 saturated carbocycles. The van der Waals surface area contributed by atoms with Gasteiger partial charge in [0.05, 0.1) is 49.3 Å². The van der Waals surface area contributed by atoms with E-state index in [0.717, 1.165) is 72.3 Å². The first-order valence-corrected chi connectivity index (χ1v) is 10.9. The van der Waals surface area contributed by atoms with E-state index in [-0.39, 0.29) is 0 Å². The number of H-pyrrole nitrogens is 1. The number of methoxy groups -OCH3 is 1. The molecular weight excluding hydrogens is 406 g/mol. The summed E-state index contributed by atoms with van der Waals surface area (Å²) in [4.78, 5) is 14.7. The van der Waals surface area contributed by atoms with E-state index in [4.69, 9.17) is 19.9 Å². The summed E-state index contributed by atoms with van der Waals surface area (Å²) in [6.07, 6.45) is 4.45. The fraction of sp³-hybridized carbons (Fsp3) is 0.333. The Kier molecular flexibility index (Phi) is 5.79. The van der Waals surface area contributed by atoms with Gasteiger partial charge in [0, 0.05) is 48.2 Å². The first-order chi connectivity index (χ1) is 15.7. The van der Waals surface area contributed by atoms with Gasteiger partial charge in [0.25, 0.3) is 0 Å². The van der Waals surface area contributed by atoms with Gasteiger partial charge in [0.2, 0.25) is 0 Å². The number of anilines is 1. The van der Waals surface area contributed by atoms with E-state index in [1.54, 1.807) is 13.4 Å². The minimum Gasteiger partial charge on any atom is -0.493 e. The zero-order valence-electron chi connectivity index (χ0n) is 18.1. The number of benzene rings is 2. The number of nitrogens with zero attached hydrogens (tertiary/aromatic N) is 3. The average Bonchev–Trinajstić information content (AvgIpc) is 3.27. The molecule has 166 valence electrons. The van der Waals surface area contributed by atoms with Gasteiger partial charge in [0.1, 0.15) is 6.33 Å². The van der Waals surface area contributed by atoms with Gasteiger partial charge in [0.15, 0.2) is 11.5 Å². The van der Waals surface area contributed by atoms with Gasteiger partial charge in [-0.2, -0.15) is 0 Å². The molecule has 0 radical (unpaired) electrons. The Labute approximate surface area is 186 Å². The molecule has 0 atom stereocenters. The third kappa shape index (κ3) is 3.94. The quantitative estimate of drug-likeness (QED) is 0.340. The molecule has 0 spiro atoms. The van der Waals surface area contributed by atoms with E-state index < -0.39 is 0 Å². The van der Waals surface area contributed by atoms with Crippen LogP contribution in [0.5, 0.6) is 11.5 Å². The van der Waals surface area contributed by atoms with E-state index in [0.29, 0.717) is 23.8 Å². The number of ether oxygens (including phenoxy) is 3. The molecule has 32 heavy (non-hydrogen) atoms. The van der Waals surface area contributed by atoms with Gasteiger partial charge in [-0.1, -0.05) is 12.1 Å². The monoisotopic (exact) mass is 433 g/mol. The number of nitrogens with one attached hydrogen (secondary N) is 1. The molecule has 3 N–H and O–H groups in total. The molecule has 2 aromatic heterocycles. The molecular formula is C24H27N5O3. The average molecular weight is 434 g/mol. The Bertz CT molecular complexity index is 1230. The van der Waals surface area contributed by atoms with Crippen LogP contribution < -0.4 is 15.2 Å². The highest BCUT2D eigenvalue weighted by atomic mass is 16.5. The van der Waals surface area contributed by atoms with E-state index in [2.05, 4.69) is 19.9 Å². The molecule has 1 saturated heterocycles. The second-order valence-electron chi connectivity index (χ2n) is 7.87. The lowest BCUT2D eigenvalue weighted by Crippen LogP contribution is -2.37. The van der Waals surface area contributed by atoms with Crippen LogP contribution in [0.4, 0.5) is 5.69 Å². The minimum absolute atomic E-state index is 0.603. The summed E-state index contributed by atoms with van der Waals surface area (Å²) in [5.74, 6) is 1.36. The van der Waals surface area contributed by atoms with E-state index in [1.165, 1.54) is 0 Å². The number of aromatic nitrogens is 3. The predicted octanol–water partition coefficient (Wildman–Crippen LogP) is 3.47. The number of rotatable bonds is 7. The third-order valence-electron chi connectivity index (χ3n) is 5.90. The SMILES string of the molecule is COc1cc2ncnc(-c3c[nH]c4c(N)cccc34)c2cc1OCCCN1CCOCC1. The van der Waals surface area contributed by atoms with Crippen molar-refractivity contribution in [2.45, 2.75) is 6.42 Å². The largest absolute Gasteiger partial charge is 0.493 e. The lowest BCUT2D eigenvalue weighted by Gasteiger charge is -2.26. The molecule has 0 aliphatic carbocycles. The van der Waals surface area contributed by atoms with Crippen molar-refractivity contribution in [3.05, 3.63) is 42.9 Å². The molecule has 2 aromatic carbocycles. The highest BCUT2D eigenvalue weighted by Gasteiger charge is 2.16. The Morgan fingerprint density at radius 2 is 2.00 bits per heavy atom. The van der Waals surface area contributed by atoms with Gasteiger partial charge in [-0.15, -0.1) is 0 Å². The van der Waals surface area contributed by atoms with Crippen molar-refractivity contribution in [1.29, 1.82) is 0 Å². The Hall–Kier alpha value is -3.36. The lowest BCUT2D eigenvalue weighted by atomic mass is 10.0. The normalized spacial score (nSPS) is 14.8. The molecule has 1 aliphatic heterocycles. The number of hydrogen-bond acceptors (Lipinski definition) is 7. The zero-order chi connectivity index (χ0) is 21.9. The predicted molar refractivity (Wildman–Crippen MR) is 125 cm³/mol. The highest BCUT2D eigenvalue weighted by Crippen LogP contribution is 2.38. The second kappa shape index (κ2) is 9.02. The first-order valence-electron chi connectivity index (χ1n) is 10.9. The number of morpholine rings is 1. The number of hydrogen-bond donors (Lipinski definition) is 2. The number of fused-ring (bicyclic) bond motifs is 2. The Morgan fingerprint density at radius 3 is 2.84 bits per heavy atom. The maximum absolute atomic E-state index is 6.14. The fourth-order valence-electron chi connectivity index (χ4n) is 4.22. The third-order valence-corrected chi connectivity index (χ3v) is 5.90. The highest BCUT2D eigenvalue weighted by molar-refractivity contribution is 6.05. The summed E-state index contributed by atoms with van der Waals surface area (Å²) in [6, 6.07) is 9.75. The molecule has 0 amide bonds. The summed E-state index contributed by atoms with van der Waals surface area (Å²) in [5.41, 5.74) is 10.3. The van der Waals surface area contributed by atoms with E-state index >= 15 is 0 Å². The molecule has 3 heterocycles. The molecule has 8 heteroatoms. The van der Waals surface area contributed by atoms with Crippen molar-refractivity contribution in [3.8, 4) is 22.8 Å². The van der Waals surface area contributed by atoms with Crippen LogP contribution in [0.2, 0.25) is 0 Å². The van der Waals surface area contributed by atoms with Crippen LogP contribution in [0.3, 0.4) is 0 Å². The standard InChI is InChI=1S/C24H27N5O3/c1-30-21-13-20-17(12-22(21)32-9-3-6-29-7-10-31-11-8-29)23(28-15-27-20)18-14-26-24-16(18)4-2-5-19(24)25/h2,4-5,12-15,26H,3,6-11,25H2,1H3. The van der Waals surface area contributed by atoms with Gasteiger partial charge in [-0.3, -0.25) is 4.90 Å². The number of nitrogens with two attached hydrogens (primary N) is 1. The molecule has 5 rings (SSSR count). The molecule has 1 fully saturated rings. The summed E-state index contributed by atoms with van der Waals surface area (Å²) in [5, 5.41) is 1.92. The van der Waals surface area contributed by atoms with Gasteiger partial charge < -0.3 is 24.9 Å². The van der Waals surface area contributed by atoms with E-state index in [1.807, 2.05) is 36.5 Å². The van der Waals surface area contributed by atoms with Crippen LogP contribution in [-0.4, -0.2) is 66.4 Å². The van der Waals surface area contributed by atoms with Crippen molar-refractivity contribution < 1.29 is 14.2 Å². The number of nitrogen functional groups attached to an aromatic ring is 1. The molecule has 8 nitrogen and oxygen atoms in total. The van der Waals surface area contributed by atoms with Crippen molar-refractivity contribution in [2.24, 2.45) is 0 Å². The van der Waals surface area contributed by atoms with E-state index in [9.17, 15) is 0 Å². The van der Waals surface area contributed by atoms with Crippen LogP contribution in [-0.2, 0) is 4.74 Å². The van der Waals surface area contributed by atoms with Crippen LogP contribution >= 0.6 is 0 Å². The fourth-order valence-corrected chi connectivity index (χ4v) is 4.22. The summed E-state index contributed by atoms with van der Waals surface area (Å²) < 4.78 is 17.1. The summed E-state index contributed by atoms with van der Waals surface area (Å²) >= 11 is 0. The summed E-state index contributed by atoms with van der Waals surface area (Å²) in [6.45, 7) is 5.17. The number of para-hydroxylation sites is 1. The maximum Gasteiger partial charge on any atom is 0.162 e. The molecule has 4 aromatic rings. The molecule has 0 unspecified atom stereocenters. The van der Waals surface area contributed by atoms with Crippen LogP contribution in [0.1, 0.15) is 6.42 Å². The van der Waals surface area contributed by atoms with Crippen LogP contribution in [0.15, 0.2) is 42.9 Å². The Morgan fingerprint density at radius 1 is 1.12 bits per heavy atom. The number of aromatic amines is 1. The lowest BCUT2D eigenvalue weighted by molar-refractivity contribution is 0.0357. The maximum atomic E-state index is 6.14. The van der Waals surface area contributed by atoms with Crippen molar-refractivity contribution in [3.63, 3.8) is 0 Å². The molecule has 1 aliphatic rings. The van der Waals surface area contributed by atoms with Gasteiger partial charge in [-0.05, 0) is 18.6 Å². The van der Waals surface area contributed by atoms with Crippen molar-refractivity contribution in [2.75, 3.05) is 52.3 Å². The van der Waals surface area contributed by atoms with Crippen molar-refractivity contribution in [1.82, 2.24) is 19.9 Å². The van der Waals surface area contributed by atoms with Gasteiger partial charge in [-0.25, -0.2) is 9.97 Å². The zero-order valence-corrected chi connectivity index (χ0v) is 18.1. The minimum atomic E-state index is 0.603. The molecule has 0 bridgehead atoms. The summed E-state index contributed by atoms with van der Waals surface area (Å²) in [7, 11) is 1.65. The van der Waals surface area contributed by atoms with Crippen molar-refractivity contribution >= 4 is 27.5 Å². The van der Waals surface area contributed by atoms with Gasteiger partial charge >= 0.3 is 0 Å². The second-order valence-corrected chi connectivity index (χ2v) is 7.87. The first kappa shape index (κ1) is 20.5. The Balaban J connectivity index is 1.44.